The van der Waals surface area contributed by atoms with Crippen LogP contribution in [-0.2, 0) is 34.2 Å². The molecule has 0 aliphatic carbocycles. The minimum absolute atomic E-state index is 0.00689. The van der Waals surface area contributed by atoms with Crippen molar-refractivity contribution in [3.63, 3.8) is 0 Å². The minimum Gasteiger partial charge on any atom is -0.464 e. The SMILES string of the molecule is CCOC(=O)C(NC(=O)CN1C(=O)NC(C)(c2ccccc2)C1=O)C(=O)OCC. The smallest absolute Gasteiger partial charge is 0.340 e. The molecule has 10 heteroatoms. The van der Waals surface area contributed by atoms with E-state index in [2.05, 4.69) is 10.6 Å². The molecule has 2 N–H and O–H groups in total. The number of hydrogen-bond donors (Lipinski definition) is 2. The van der Waals surface area contributed by atoms with Crippen LogP contribution in [-0.4, -0.2) is 60.5 Å². The molecule has 1 unspecified atom stereocenters. The summed E-state index contributed by atoms with van der Waals surface area (Å²) >= 11 is 0. The summed E-state index contributed by atoms with van der Waals surface area (Å²) in [6.45, 7) is 3.92. The first-order valence-corrected chi connectivity index (χ1v) is 9.06. The molecule has 1 heterocycles. The molecule has 29 heavy (non-hydrogen) atoms. The van der Waals surface area contributed by atoms with Crippen LogP contribution in [0.4, 0.5) is 4.79 Å². The van der Waals surface area contributed by atoms with E-state index in [1.54, 1.807) is 44.2 Å². The lowest BCUT2D eigenvalue weighted by molar-refractivity contribution is -0.159. The molecule has 0 spiro atoms. The fourth-order valence-electron chi connectivity index (χ4n) is 2.82. The molecule has 1 fully saturated rings. The number of esters is 2. The van der Waals surface area contributed by atoms with Crippen molar-refractivity contribution >= 4 is 29.8 Å². The van der Waals surface area contributed by atoms with Crippen LogP contribution < -0.4 is 10.6 Å². The highest BCUT2D eigenvalue weighted by molar-refractivity contribution is 6.10. The Morgan fingerprint density at radius 2 is 1.62 bits per heavy atom. The second kappa shape index (κ2) is 9.18. The van der Waals surface area contributed by atoms with Gasteiger partial charge in [0, 0.05) is 0 Å². The lowest BCUT2D eigenvalue weighted by Crippen LogP contribution is -2.52. The van der Waals surface area contributed by atoms with Gasteiger partial charge >= 0.3 is 18.0 Å². The van der Waals surface area contributed by atoms with E-state index in [-0.39, 0.29) is 13.2 Å². The topological polar surface area (TPSA) is 131 Å². The van der Waals surface area contributed by atoms with Crippen molar-refractivity contribution in [3.8, 4) is 0 Å². The van der Waals surface area contributed by atoms with Crippen molar-refractivity contribution < 1.29 is 33.4 Å². The third kappa shape index (κ3) is 4.71. The van der Waals surface area contributed by atoms with Crippen molar-refractivity contribution in [1.82, 2.24) is 15.5 Å². The Labute approximate surface area is 167 Å². The van der Waals surface area contributed by atoms with E-state index in [4.69, 9.17) is 9.47 Å². The largest absolute Gasteiger partial charge is 0.464 e. The van der Waals surface area contributed by atoms with Gasteiger partial charge in [0.2, 0.25) is 11.9 Å². The average Bonchev–Trinajstić information content (AvgIpc) is 2.91. The van der Waals surface area contributed by atoms with Crippen LogP contribution in [0.25, 0.3) is 0 Å². The number of imide groups is 1. The number of nitrogens with zero attached hydrogens (tertiary/aromatic N) is 1. The number of carbonyl (C=O) groups excluding carboxylic acids is 5. The Kier molecular flexibility index (Phi) is 6.92. The molecule has 0 bridgehead atoms. The highest BCUT2D eigenvalue weighted by atomic mass is 16.6. The van der Waals surface area contributed by atoms with E-state index < -0.39 is 47.9 Å². The van der Waals surface area contributed by atoms with Crippen LogP contribution in [0.15, 0.2) is 30.3 Å². The van der Waals surface area contributed by atoms with E-state index in [1.807, 2.05) is 0 Å². The van der Waals surface area contributed by atoms with Gasteiger partial charge in [-0.15, -0.1) is 0 Å². The predicted molar refractivity (Wildman–Crippen MR) is 99.2 cm³/mol. The van der Waals surface area contributed by atoms with E-state index in [0.29, 0.717) is 5.56 Å². The maximum Gasteiger partial charge on any atom is 0.340 e. The Balaban J connectivity index is 2.12. The lowest BCUT2D eigenvalue weighted by Gasteiger charge is -2.22. The molecule has 1 aromatic carbocycles. The zero-order valence-electron chi connectivity index (χ0n) is 16.4. The molecule has 1 aliphatic rings. The molecule has 156 valence electrons. The molecule has 4 amide bonds. The van der Waals surface area contributed by atoms with Crippen molar-refractivity contribution in [2.45, 2.75) is 32.4 Å². The van der Waals surface area contributed by atoms with Crippen molar-refractivity contribution in [2.24, 2.45) is 0 Å². The highest BCUT2D eigenvalue weighted by Crippen LogP contribution is 2.28. The Morgan fingerprint density at radius 1 is 1.07 bits per heavy atom. The van der Waals surface area contributed by atoms with Gasteiger partial charge in [-0.2, -0.15) is 0 Å². The molecule has 0 aromatic heterocycles. The molecule has 0 radical (unpaired) electrons. The second-order valence-electron chi connectivity index (χ2n) is 6.32. The van der Waals surface area contributed by atoms with Crippen LogP contribution in [0.5, 0.6) is 0 Å². The summed E-state index contributed by atoms with van der Waals surface area (Å²) in [6.07, 6.45) is 0. The molecule has 10 nitrogen and oxygen atoms in total. The Bertz CT molecular complexity index is 793. The normalized spacial score (nSPS) is 18.4. The van der Waals surface area contributed by atoms with Crippen molar-refractivity contribution in [3.05, 3.63) is 35.9 Å². The summed E-state index contributed by atoms with van der Waals surface area (Å²) in [5.74, 6) is -3.51. The van der Waals surface area contributed by atoms with Gasteiger partial charge in [-0.25, -0.2) is 14.4 Å². The molecule has 0 saturated carbocycles. The van der Waals surface area contributed by atoms with Gasteiger partial charge in [-0.1, -0.05) is 30.3 Å². The van der Waals surface area contributed by atoms with E-state index >= 15 is 0 Å². The minimum atomic E-state index is -1.69. The zero-order chi connectivity index (χ0) is 21.6. The number of ether oxygens (including phenoxy) is 2. The predicted octanol–water partition coefficient (Wildman–Crippen LogP) is 0.0646. The number of urea groups is 1. The summed E-state index contributed by atoms with van der Waals surface area (Å²) in [4.78, 5) is 62.1. The zero-order valence-corrected chi connectivity index (χ0v) is 16.4. The van der Waals surface area contributed by atoms with Crippen molar-refractivity contribution in [2.75, 3.05) is 19.8 Å². The number of amides is 4. The van der Waals surface area contributed by atoms with Crippen LogP contribution in [0.1, 0.15) is 26.3 Å². The highest BCUT2D eigenvalue weighted by Gasteiger charge is 2.49. The van der Waals surface area contributed by atoms with Crippen LogP contribution in [0.2, 0.25) is 0 Å². The third-order valence-corrected chi connectivity index (χ3v) is 4.28. The number of hydrogen-bond acceptors (Lipinski definition) is 7. The number of rotatable bonds is 8. The first kappa shape index (κ1) is 21.9. The summed E-state index contributed by atoms with van der Waals surface area (Å²) in [6, 6.07) is 6.11. The molecule has 2 rings (SSSR count). The molecule has 1 aromatic rings. The maximum atomic E-state index is 12.8. The van der Waals surface area contributed by atoms with Gasteiger partial charge in [-0.3, -0.25) is 14.5 Å². The van der Waals surface area contributed by atoms with E-state index in [9.17, 15) is 24.0 Å². The van der Waals surface area contributed by atoms with Crippen LogP contribution in [0.3, 0.4) is 0 Å². The lowest BCUT2D eigenvalue weighted by atomic mass is 9.92. The molecule has 1 atom stereocenters. The van der Waals surface area contributed by atoms with Gasteiger partial charge in [0.25, 0.3) is 5.91 Å². The summed E-state index contributed by atoms with van der Waals surface area (Å²) in [5, 5.41) is 4.72. The first-order valence-electron chi connectivity index (χ1n) is 9.06. The summed E-state index contributed by atoms with van der Waals surface area (Å²) < 4.78 is 9.52. The van der Waals surface area contributed by atoms with Gasteiger partial charge < -0.3 is 20.1 Å². The maximum absolute atomic E-state index is 12.8. The van der Waals surface area contributed by atoms with E-state index in [0.717, 1.165) is 4.90 Å². The Hall–Kier alpha value is -3.43. The van der Waals surface area contributed by atoms with Gasteiger partial charge in [0.1, 0.15) is 12.1 Å². The fourth-order valence-corrected chi connectivity index (χ4v) is 2.82. The summed E-state index contributed by atoms with van der Waals surface area (Å²) in [7, 11) is 0. The first-order chi connectivity index (χ1) is 13.7. The van der Waals surface area contributed by atoms with Gasteiger partial charge in [0.15, 0.2) is 0 Å². The summed E-state index contributed by atoms with van der Waals surface area (Å²) in [5.41, 5.74) is -0.780. The standard InChI is InChI=1S/C19H23N3O7/c1-4-28-15(24)14(16(25)29-5-2)20-13(23)11-22-17(26)19(3,21-18(22)27)12-9-7-6-8-10-12/h6-10,14H,4-5,11H2,1-3H3,(H,20,23)(H,21,27). The van der Waals surface area contributed by atoms with Crippen LogP contribution >= 0.6 is 0 Å². The Morgan fingerprint density at radius 3 is 2.14 bits per heavy atom. The average molecular weight is 405 g/mol. The van der Waals surface area contributed by atoms with Gasteiger partial charge in [0.05, 0.1) is 13.2 Å². The number of carbonyl (C=O) groups is 5. The number of benzene rings is 1. The third-order valence-electron chi connectivity index (χ3n) is 4.28. The molecular weight excluding hydrogens is 382 g/mol. The number of nitrogens with one attached hydrogen (secondary N) is 2. The van der Waals surface area contributed by atoms with Gasteiger partial charge in [-0.05, 0) is 26.3 Å². The van der Waals surface area contributed by atoms with E-state index in [1.165, 1.54) is 6.92 Å². The monoisotopic (exact) mass is 405 g/mol. The molecular formula is C19H23N3O7. The van der Waals surface area contributed by atoms with Crippen LogP contribution in [0, 0.1) is 0 Å². The van der Waals surface area contributed by atoms with Crippen molar-refractivity contribution in [1.29, 1.82) is 0 Å². The molecule has 1 saturated heterocycles. The fraction of sp³-hybridized carbons (Fsp3) is 0.421. The quantitative estimate of drug-likeness (QED) is 0.355. The molecule has 1 aliphatic heterocycles. The second-order valence-corrected chi connectivity index (χ2v) is 6.32.